The molecule has 0 unspecified atom stereocenters. The van der Waals surface area contributed by atoms with Gasteiger partial charge in [-0.2, -0.15) is 0 Å². The average molecular weight is 299 g/mol. The predicted molar refractivity (Wildman–Crippen MR) is 72.6 cm³/mol. The first kappa shape index (κ1) is 14.9. The van der Waals surface area contributed by atoms with Crippen molar-refractivity contribution in [2.45, 2.75) is 32.1 Å². The maximum Gasteiger partial charge on any atom is 0.302 e. The third-order valence-electron chi connectivity index (χ3n) is 3.09. The zero-order valence-corrected chi connectivity index (χ0v) is 12.3. The molecule has 0 N–H and O–H groups in total. The van der Waals surface area contributed by atoms with E-state index in [1.54, 1.807) is 23.6 Å². The highest BCUT2D eigenvalue weighted by molar-refractivity contribution is 8.00. The van der Waals surface area contributed by atoms with E-state index in [9.17, 15) is 14.4 Å². The minimum Gasteiger partial charge on any atom is -0.471 e. The summed E-state index contributed by atoms with van der Waals surface area (Å²) in [4.78, 5) is 35.5. The van der Waals surface area contributed by atoms with E-state index >= 15 is 0 Å². The summed E-state index contributed by atoms with van der Waals surface area (Å²) in [6.07, 6.45) is 0.874. The van der Waals surface area contributed by atoms with Crippen LogP contribution in [0.3, 0.4) is 0 Å². The van der Waals surface area contributed by atoms with Crippen LogP contribution in [0, 0.1) is 0 Å². The Hall–Kier alpha value is -1.50. The van der Waals surface area contributed by atoms with Crippen LogP contribution in [-0.2, 0) is 23.9 Å². The van der Waals surface area contributed by atoms with Crippen molar-refractivity contribution in [1.29, 1.82) is 0 Å². The highest BCUT2D eigenvalue weighted by Gasteiger charge is 2.44. The van der Waals surface area contributed by atoms with Crippen molar-refractivity contribution in [3.63, 3.8) is 0 Å². The number of Topliss-reactive ketones (excluding diaryl/α,β-unsaturated/α-hetero) is 1. The van der Waals surface area contributed by atoms with Crippen molar-refractivity contribution >= 4 is 29.4 Å². The minimum atomic E-state index is -0.386. The third-order valence-corrected chi connectivity index (χ3v) is 4.37. The Morgan fingerprint density at radius 1 is 1.45 bits per heavy atom. The molecule has 110 valence electrons. The van der Waals surface area contributed by atoms with Gasteiger partial charge < -0.3 is 9.47 Å². The topological polar surface area (TPSA) is 72.9 Å². The summed E-state index contributed by atoms with van der Waals surface area (Å²) in [6, 6.07) is 0. The van der Waals surface area contributed by atoms with E-state index in [4.69, 9.17) is 9.47 Å². The van der Waals surface area contributed by atoms with Gasteiger partial charge in [-0.05, 0) is 0 Å². The molecule has 0 saturated carbocycles. The van der Waals surface area contributed by atoms with Crippen molar-refractivity contribution in [3.8, 4) is 0 Å². The zero-order valence-electron chi connectivity index (χ0n) is 11.5. The molecule has 0 bridgehead atoms. The lowest BCUT2D eigenvalue weighted by atomic mass is 10.1. The Labute approximate surface area is 121 Å². The summed E-state index contributed by atoms with van der Waals surface area (Å²) in [5.41, 5.74) is 0.735. The van der Waals surface area contributed by atoms with Gasteiger partial charge in [0, 0.05) is 24.7 Å². The number of hydrogen-bond acceptors (Lipinski definition) is 6. The molecule has 0 aliphatic carbocycles. The maximum atomic E-state index is 11.7. The number of fused-ring (bicyclic) bond motifs is 1. The minimum absolute atomic E-state index is 0.0264. The van der Waals surface area contributed by atoms with Gasteiger partial charge in [0.05, 0.1) is 11.8 Å². The number of carbonyl (C=O) groups is 3. The van der Waals surface area contributed by atoms with E-state index in [2.05, 4.69) is 0 Å². The molecule has 1 amide bonds. The number of thioether (sulfide) groups is 1. The molecule has 0 radical (unpaired) electrons. The second kappa shape index (κ2) is 6.30. The molecule has 20 heavy (non-hydrogen) atoms. The molecule has 2 rings (SSSR count). The lowest BCUT2D eigenvalue weighted by molar-refractivity contribution is -0.144. The number of carbonyl (C=O) groups excluding carboxylic acids is 3. The Balaban J connectivity index is 2.11. The smallest absolute Gasteiger partial charge is 0.302 e. The van der Waals surface area contributed by atoms with Crippen molar-refractivity contribution in [1.82, 2.24) is 4.90 Å². The third kappa shape index (κ3) is 3.15. The van der Waals surface area contributed by atoms with Gasteiger partial charge in [-0.1, -0.05) is 6.92 Å². The van der Waals surface area contributed by atoms with Crippen LogP contribution in [0.1, 0.15) is 26.7 Å². The van der Waals surface area contributed by atoms with E-state index in [1.165, 1.54) is 6.92 Å². The maximum absolute atomic E-state index is 11.7. The largest absolute Gasteiger partial charge is 0.471 e. The van der Waals surface area contributed by atoms with E-state index in [-0.39, 0.29) is 36.2 Å². The van der Waals surface area contributed by atoms with Gasteiger partial charge in [-0.25, -0.2) is 0 Å². The number of ether oxygens (including phenoxy) is 2. The molecule has 2 aliphatic rings. The molecule has 1 saturated heterocycles. The first-order valence-corrected chi connectivity index (χ1v) is 7.51. The molecule has 0 aromatic rings. The first-order chi connectivity index (χ1) is 9.52. The highest BCUT2D eigenvalue weighted by atomic mass is 32.2. The number of ketones is 1. The number of amides is 1. The second-order valence-corrected chi connectivity index (χ2v) is 5.77. The van der Waals surface area contributed by atoms with Crippen LogP contribution in [0.4, 0.5) is 0 Å². The Kier molecular flexibility index (Phi) is 4.69. The molecule has 2 aliphatic heterocycles. The van der Waals surface area contributed by atoms with Gasteiger partial charge in [-0.15, -0.1) is 11.8 Å². The molecule has 0 spiro atoms. The standard InChI is InChI=1S/C13H17NO5S/c1-3-10(16)6-19-13-9(5-18-8(2)15)7-20-12-4-11(17)14(12)13/h12H,3-7H2,1-2H3/t12-/m0/s1. The van der Waals surface area contributed by atoms with Crippen LogP contribution < -0.4 is 0 Å². The van der Waals surface area contributed by atoms with Crippen LogP contribution in [0.15, 0.2) is 11.5 Å². The van der Waals surface area contributed by atoms with Crippen LogP contribution in [0.25, 0.3) is 0 Å². The van der Waals surface area contributed by atoms with Gasteiger partial charge in [0.25, 0.3) is 0 Å². The Morgan fingerprint density at radius 2 is 2.20 bits per heavy atom. The van der Waals surface area contributed by atoms with E-state index in [1.807, 2.05) is 0 Å². The summed E-state index contributed by atoms with van der Waals surface area (Å²) in [7, 11) is 0. The number of β-lactam (4-membered cyclic amide) rings is 1. The van der Waals surface area contributed by atoms with Crippen molar-refractivity contribution in [2.24, 2.45) is 0 Å². The number of esters is 1. The fourth-order valence-corrected chi connectivity index (χ4v) is 3.13. The van der Waals surface area contributed by atoms with Gasteiger partial charge in [-0.3, -0.25) is 19.3 Å². The van der Waals surface area contributed by atoms with E-state index in [0.717, 1.165) is 5.57 Å². The lowest BCUT2D eigenvalue weighted by Crippen LogP contribution is -2.53. The molecular formula is C13H17NO5S. The van der Waals surface area contributed by atoms with Crippen LogP contribution >= 0.6 is 11.8 Å². The normalized spacial score (nSPS) is 21.2. The fraction of sp³-hybridized carbons (Fsp3) is 0.615. The molecule has 6 nitrogen and oxygen atoms in total. The molecule has 2 heterocycles. The summed E-state index contributed by atoms with van der Waals surface area (Å²) in [5, 5.41) is 0.0790. The van der Waals surface area contributed by atoms with Crippen LogP contribution in [-0.4, -0.2) is 46.9 Å². The number of hydrogen-bond donors (Lipinski definition) is 0. The summed E-state index contributed by atoms with van der Waals surface area (Å²) >= 11 is 1.61. The predicted octanol–water partition coefficient (Wildman–Crippen LogP) is 1.06. The van der Waals surface area contributed by atoms with Gasteiger partial charge in [0.1, 0.15) is 13.2 Å². The summed E-state index contributed by atoms with van der Waals surface area (Å²) in [5.74, 6) is 0.585. The van der Waals surface area contributed by atoms with Gasteiger partial charge in [0.15, 0.2) is 5.78 Å². The van der Waals surface area contributed by atoms with Crippen LogP contribution in [0.2, 0.25) is 0 Å². The van der Waals surface area contributed by atoms with Gasteiger partial charge in [0.2, 0.25) is 11.8 Å². The summed E-state index contributed by atoms with van der Waals surface area (Å²) in [6.45, 7) is 3.12. The number of rotatable bonds is 6. The van der Waals surface area contributed by atoms with E-state index in [0.29, 0.717) is 24.5 Å². The Morgan fingerprint density at radius 3 is 2.80 bits per heavy atom. The molecule has 7 heteroatoms. The average Bonchev–Trinajstić information content (AvgIpc) is 2.41. The lowest BCUT2D eigenvalue weighted by Gasteiger charge is -2.44. The monoisotopic (exact) mass is 299 g/mol. The molecule has 1 atom stereocenters. The molecule has 0 aromatic carbocycles. The second-order valence-electron chi connectivity index (χ2n) is 4.60. The number of nitrogens with zero attached hydrogens (tertiary/aromatic N) is 1. The fourth-order valence-electron chi connectivity index (χ4n) is 1.91. The molecule has 0 aromatic heterocycles. The van der Waals surface area contributed by atoms with Gasteiger partial charge >= 0.3 is 5.97 Å². The van der Waals surface area contributed by atoms with Crippen molar-refractivity contribution in [2.75, 3.05) is 19.0 Å². The zero-order chi connectivity index (χ0) is 14.7. The van der Waals surface area contributed by atoms with E-state index < -0.39 is 0 Å². The first-order valence-electron chi connectivity index (χ1n) is 6.46. The molecular weight excluding hydrogens is 282 g/mol. The van der Waals surface area contributed by atoms with Crippen LogP contribution in [0.5, 0.6) is 0 Å². The molecule has 1 fully saturated rings. The van der Waals surface area contributed by atoms with Crippen molar-refractivity contribution < 1.29 is 23.9 Å². The highest BCUT2D eigenvalue weighted by Crippen LogP contribution is 2.40. The SMILES string of the molecule is CCC(=O)COC1=C(COC(C)=O)CS[C@H]2CC(=O)N12. The summed E-state index contributed by atoms with van der Waals surface area (Å²) < 4.78 is 10.5. The Bertz CT molecular complexity index is 473. The quantitative estimate of drug-likeness (QED) is 0.539. The van der Waals surface area contributed by atoms with Crippen molar-refractivity contribution in [3.05, 3.63) is 11.5 Å².